The smallest absolute Gasteiger partial charge is 0.224 e. The Morgan fingerprint density at radius 1 is 1.30 bits per heavy atom. The molecule has 1 aliphatic heterocycles. The van der Waals surface area contributed by atoms with Crippen molar-refractivity contribution < 1.29 is 4.79 Å². The monoisotopic (exact) mass is 359 g/mol. The van der Waals surface area contributed by atoms with Crippen LogP contribution in [0, 0.1) is 0 Å². The summed E-state index contributed by atoms with van der Waals surface area (Å²) in [6.07, 6.45) is 4.29. The summed E-state index contributed by atoms with van der Waals surface area (Å²) in [7, 11) is 0. The minimum absolute atomic E-state index is 0. The summed E-state index contributed by atoms with van der Waals surface area (Å²) in [6, 6.07) is 5.83. The van der Waals surface area contributed by atoms with Gasteiger partial charge in [-0.3, -0.25) is 9.20 Å². The molecule has 6 nitrogen and oxygen atoms in total. The van der Waals surface area contributed by atoms with Gasteiger partial charge in [0.2, 0.25) is 5.91 Å². The number of halogens is 2. The Morgan fingerprint density at radius 2 is 2.00 bits per heavy atom. The van der Waals surface area contributed by atoms with E-state index in [0.717, 1.165) is 37.4 Å². The van der Waals surface area contributed by atoms with Crippen LogP contribution in [0.15, 0.2) is 24.4 Å². The highest BCUT2D eigenvalue weighted by atomic mass is 35.5. The summed E-state index contributed by atoms with van der Waals surface area (Å²) < 4.78 is 2.05. The molecule has 23 heavy (non-hydrogen) atoms. The number of fused-ring (bicyclic) bond motifs is 1. The lowest BCUT2D eigenvalue weighted by molar-refractivity contribution is -0.132. The molecule has 1 amide bonds. The highest BCUT2D eigenvalue weighted by Crippen LogP contribution is 2.27. The van der Waals surface area contributed by atoms with Crippen molar-refractivity contribution in [3.05, 3.63) is 30.2 Å². The second-order valence-corrected chi connectivity index (χ2v) is 5.82. The molecule has 3 heterocycles. The maximum Gasteiger partial charge on any atom is 0.224 e. The molecule has 0 saturated carbocycles. The number of carbonyl (C=O) groups is 1. The fourth-order valence-electron chi connectivity index (χ4n) is 2.93. The second kappa shape index (κ2) is 8.47. The summed E-state index contributed by atoms with van der Waals surface area (Å²) in [5, 5.41) is 8.53. The second-order valence-electron chi connectivity index (χ2n) is 5.82. The minimum atomic E-state index is -0.0735. The number of pyridine rings is 1. The quantitative estimate of drug-likeness (QED) is 0.909. The molecule has 2 N–H and O–H groups in total. The van der Waals surface area contributed by atoms with Gasteiger partial charge in [-0.05, 0) is 31.9 Å². The Balaban J connectivity index is 0.00000132. The highest BCUT2D eigenvalue weighted by Gasteiger charge is 2.26. The fraction of sp³-hybridized carbons (Fsp3) is 0.533. The number of likely N-dealkylation sites (tertiary alicyclic amines) is 1. The zero-order valence-electron chi connectivity index (χ0n) is 13.1. The van der Waals surface area contributed by atoms with E-state index >= 15 is 0 Å². The Morgan fingerprint density at radius 3 is 2.65 bits per heavy atom. The van der Waals surface area contributed by atoms with E-state index in [-0.39, 0.29) is 36.8 Å². The van der Waals surface area contributed by atoms with Crippen molar-refractivity contribution >= 4 is 36.4 Å². The van der Waals surface area contributed by atoms with Gasteiger partial charge < -0.3 is 10.6 Å². The molecule has 1 saturated heterocycles. The number of hydrogen-bond acceptors (Lipinski definition) is 4. The van der Waals surface area contributed by atoms with Crippen molar-refractivity contribution in [2.75, 3.05) is 13.1 Å². The highest BCUT2D eigenvalue weighted by molar-refractivity contribution is 5.85. The number of hydrogen-bond donors (Lipinski definition) is 1. The number of piperidine rings is 1. The van der Waals surface area contributed by atoms with Gasteiger partial charge in [0.1, 0.15) is 5.82 Å². The van der Waals surface area contributed by atoms with Crippen LogP contribution >= 0.6 is 24.8 Å². The number of nitrogens with zero attached hydrogens (tertiary/aromatic N) is 4. The molecular weight excluding hydrogens is 337 g/mol. The lowest BCUT2D eigenvalue weighted by atomic mass is 9.95. The van der Waals surface area contributed by atoms with Gasteiger partial charge in [0.15, 0.2) is 5.65 Å². The van der Waals surface area contributed by atoms with Crippen LogP contribution in [-0.2, 0) is 4.79 Å². The van der Waals surface area contributed by atoms with Gasteiger partial charge in [-0.1, -0.05) is 6.07 Å². The number of aromatic nitrogens is 3. The molecule has 0 radical (unpaired) electrons. The maximum atomic E-state index is 12.0. The number of carbonyl (C=O) groups excluding carboxylic acids is 1. The van der Waals surface area contributed by atoms with E-state index in [9.17, 15) is 4.79 Å². The SMILES string of the molecule is CC(N)CC(=O)N1CCC(c2nnc3ccccn23)CC1.Cl.Cl. The standard InChI is InChI=1S/C15H21N5O.2ClH/c1-11(16)10-14(21)19-8-5-12(6-9-19)15-18-17-13-4-2-3-7-20(13)15;;/h2-4,7,11-12H,5-6,8-10,16H2,1H3;2*1H. The van der Waals surface area contributed by atoms with Crippen LogP contribution in [-0.4, -0.2) is 44.5 Å². The topological polar surface area (TPSA) is 76.5 Å². The molecule has 1 aliphatic rings. The normalized spacial score (nSPS) is 16.5. The molecule has 0 spiro atoms. The molecule has 2 aromatic rings. The summed E-state index contributed by atoms with van der Waals surface area (Å²) in [4.78, 5) is 13.9. The average molecular weight is 360 g/mol. The van der Waals surface area contributed by atoms with Crippen LogP contribution in [0.5, 0.6) is 0 Å². The van der Waals surface area contributed by atoms with Crippen LogP contribution in [0.3, 0.4) is 0 Å². The van der Waals surface area contributed by atoms with Crippen molar-refractivity contribution in [1.82, 2.24) is 19.5 Å². The largest absolute Gasteiger partial charge is 0.343 e. The van der Waals surface area contributed by atoms with E-state index in [0.29, 0.717) is 12.3 Å². The first-order valence-corrected chi connectivity index (χ1v) is 7.48. The van der Waals surface area contributed by atoms with Crippen LogP contribution in [0.2, 0.25) is 0 Å². The Labute approximate surface area is 148 Å². The summed E-state index contributed by atoms with van der Waals surface area (Å²) in [5.41, 5.74) is 6.58. The van der Waals surface area contributed by atoms with Crippen molar-refractivity contribution in [2.45, 2.75) is 38.1 Å². The lowest BCUT2D eigenvalue weighted by Crippen LogP contribution is -2.40. The first kappa shape index (κ1) is 19.7. The van der Waals surface area contributed by atoms with Crippen LogP contribution in [0.1, 0.15) is 37.9 Å². The minimum Gasteiger partial charge on any atom is -0.343 e. The zero-order chi connectivity index (χ0) is 14.8. The molecule has 128 valence electrons. The first-order valence-electron chi connectivity index (χ1n) is 7.48. The van der Waals surface area contributed by atoms with E-state index in [1.807, 2.05) is 40.6 Å². The van der Waals surface area contributed by atoms with Gasteiger partial charge in [-0.25, -0.2) is 0 Å². The van der Waals surface area contributed by atoms with E-state index in [1.165, 1.54) is 0 Å². The Kier molecular flexibility index (Phi) is 7.25. The van der Waals surface area contributed by atoms with Crippen LogP contribution < -0.4 is 5.73 Å². The lowest BCUT2D eigenvalue weighted by Gasteiger charge is -2.31. The molecule has 8 heteroatoms. The Hall–Kier alpha value is -1.37. The number of nitrogens with two attached hydrogens (primary N) is 1. The van der Waals surface area contributed by atoms with Gasteiger partial charge in [0.25, 0.3) is 0 Å². The van der Waals surface area contributed by atoms with Crippen molar-refractivity contribution in [2.24, 2.45) is 5.73 Å². The van der Waals surface area contributed by atoms with E-state index < -0.39 is 0 Å². The van der Waals surface area contributed by atoms with E-state index in [4.69, 9.17) is 5.73 Å². The summed E-state index contributed by atoms with van der Waals surface area (Å²) in [5.74, 6) is 1.53. The van der Waals surface area contributed by atoms with Crippen molar-refractivity contribution in [1.29, 1.82) is 0 Å². The predicted octanol–water partition coefficient (Wildman–Crippen LogP) is 2.02. The van der Waals surface area contributed by atoms with Crippen LogP contribution in [0.4, 0.5) is 0 Å². The summed E-state index contributed by atoms with van der Waals surface area (Å²) >= 11 is 0. The number of rotatable bonds is 3. The number of amides is 1. The molecule has 1 unspecified atom stereocenters. The molecule has 0 aliphatic carbocycles. The third-order valence-electron chi connectivity index (χ3n) is 4.05. The van der Waals surface area contributed by atoms with Crippen molar-refractivity contribution in [3.63, 3.8) is 0 Å². The molecule has 3 rings (SSSR count). The van der Waals surface area contributed by atoms with E-state index in [1.54, 1.807) is 0 Å². The maximum absolute atomic E-state index is 12.0. The average Bonchev–Trinajstić information content (AvgIpc) is 2.90. The third-order valence-corrected chi connectivity index (χ3v) is 4.05. The van der Waals surface area contributed by atoms with Gasteiger partial charge in [-0.2, -0.15) is 0 Å². The van der Waals surface area contributed by atoms with Gasteiger partial charge in [-0.15, -0.1) is 35.0 Å². The molecular formula is C15H23Cl2N5O. The van der Waals surface area contributed by atoms with Gasteiger partial charge in [0, 0.05) is 37.7 Å². The Bertz CT molecular complexity index is 638. The molecule has 1 fully saturated rings. The van der Waals surface area contributed by atoms with Gasteiger partial charge in [0.05, 0.1) is 0 Å². The van der Waals surface area contributed by atoms with Gasteiger partial charge >= 0.3 is 0 Å². The van der Waals surface area contributed by atoms with E-state index in [2.05, 4.69) is 10.2 Å². The predicted molar refractivity (Wildman–Crippen MR) is 94.3 cm³/mol. The van der Waals surface area contributed by atoms with Crippen molar-refractivity contribution in [3.8, 4) is 0 Å². The summed E-state index contributed by atoms with van der Waals surface area (Å²) in [6.45, 7) is 3.42. The first-order chi connectivity index (χ1) is 10.1. The molecule has 0 bridgehead atoms. The fourth-order valence-corrected chi connectivity index (χ4v) is 2.93. The molecule has 2 aromatic heterocycles. The zero-order valence-corrected chi connectivity index (χ0v) is 14.7. The van der Waals surface area contributed by atoms with Crippen LogP contribution in [0.25, 0.3) is 5.65 Å². The molecule has 1 atom stereocenters. The molecule has 0 aromatic carbocycles. The third kappa shape index (κ3) is 4.34.